The van der Waals surface area contributed by atoms with Crippen molar-refractivity contribution in [3.63, 3.8) is 0 Å². The Hall–Kier alpha value is -1.97. The van der Waals surface area contributed by atoms with Crippen molar-refractivity contribution in [2.45, 2.75) is 44.4 Å². The Bertz CT molecular complexity index is 726. The molecule has 122 valence electrons. The molecule has 0 radical (unpaired) electrons. The van der Waals surface area contributed by atoms with Gasteiger partial charge in [-0.15, -0.1) is 0 Å². The van der Waals surface area contributed by atoms with E-state index >= 15 is 0 Å². The van der Waals surface area contributed by atoms with Gasteiger partial charge in [0.1, 0.15) is 5.76 Å². The standard InChI is InChI=1S/C19H23NO3/c1-22-18-11-14(13-6-8-20(12-21)9-7-13)10-16-15-4-2-3-5-17(15)23-19(16)18/h10-13H,2-9H2,1H3. The van der Waals surface area contributed by atoms with Crippen LogP contribution in [0.15, 0.2) is 16.5 Å². The van der Waals surface area contributed by atoms with Gasteiger partial charge in [-0.25, -0.2) is 0 Å². The molecule has 2 heterocycles. The van der Waals surface area contributed by atoms with Crippen LogP contribution in [0.1, 0.15) is 48.5 Å². The molecule has 4 rings (SSSR count). The fourth-order valence-electron chi connectivity index (χ4n) is 4.08. The molecule has 4 heteroatoms. The van der Waals surface area contributed by atoms with Crippen LogP contribution in [0.25, 0.3) is 11.0 Å². The highest BCUT2D eigenvalue weighted by molar-refractivity contribution is 5.88. The van der Waals surface area contributed by atoms with Crippen LogP contribution in [-0.2, 0) is 17.6 Å². The summed E-state index contributed by atoms with van der Waals surface area (Å²) in [5.41, 5.74) is 3.62. The van der Waals surface area contributed by atoms with Gasteiger partial charge in [-0.3, -0.25) is 4.79 Å². The van der Waals surface area contributed by atoms with Gasteiger partial charge < -0.3 is 14.1 Å². The number of fused-ring (bicyclic) bond motifs is 3. The summed E-state index contributed by atoms with van der Waals surface area (Å²) in [6, 6.07) is 4.45. The van der Waals surface area contributed by atoms with Crippen molar-refractivity contribution in [2.24, 2.45) is 0 Å². The van der Waals surface area contributed by atoms with E-state index in [9.17, 15) is 4.79 Å². The lowest BCUT2D eigenvalue weighted by Crippen LogP contribution is -2.31. The monoisotopic (exact) mass is 313 g/mol. The number of methoxy groups -OCH3 is 1. The van der Waals surface area contributed by atoms with Crippen LogP contribution in [0.3, 0.4) is 0 Å². The number of likely N-dealkylation sites (tertiary alicyclic amines) is 1. The zero-order valence-corrected chi connectivity index (χ0v) is 13.6. The van der Waals surface area contributed by atoms with Gasteiger partial charge in [0.25, 0.3) is 0 Å². The highest BCUT2D eigenvalue weighted by Gasteiger charge is 2.24. The van der Waals surface area contributed by atoms with E-state index in [1.807, 2.05) is 4.90 Å². The van der Waals surface area contributed by atoms with E-state index in [0.29, 0.717) is 5.92 Å². The Morgan fingerprint density at radius 1 is 1.22 bits per heavy atom. The van der Waals surface area contributed by atoms with E-state index in [4.69, 9.17) is 9.15 Å². The molecular weight excluding hydrogens is 290 g/mol. The van der Waals surface area contributed by atoms with E-state index < -0.39 is 0 Å². The highest BCUT2D eigenvalue weighted by atomic mass is 16.5. The zero-order valence-electron chi connectivity index (χ0n) is 13.6. The molecule has 0 unspecified atom stereocenters. The van der Waals surface area contributed by atoms with Crippen LogP contribution in [0.5, 0.6) is 5.75 Å². The van der Waals surface area contributed by atoms with Crippen molar-refractivity contribution in [1.29, 1.82) is 0 Å². The number of carbonyl (C=O) groups is 1. The van der Waals surface area contributed by atoms with Gasteiger partial charge >= 0.3 is 0 Å². The molecule has 1 aliphatic heterocycles. The summed E-state index contributed by atoms with van der Waals surface area (Å²) >= 11 is 0. The Morgan fingerprint density at radius 3 is 2.74 bits per heavy atom. The number of aryl methyl sites for hydroxylation is 2. The predicted molar refractivity (Wildman–Crippen MR) is 89.0 cm³/mol. The van der Waals surface area contributed by atoms with Gasteiger partial charge in [0, 0.05) is 30.5 Å². The van der Waals surface area contributed by atoms with Crippen LogP contribution < -0.4 is 4.74 Å². The average Bonchev–Trinajstić information content (AvgIpc) is 2.99. The van der Waals surface area contributed by atoms with Gasteiger partial charge in [-0.1, -0.05) is 0 Å². The van der Waals surface area contributed by atoms with Crippen molar-refractivity contribution in [1.82, 2.24) is 4.90 Å². The van der Waals surface area contributed by atoms with Crippen molar-refractivity contribution in [3.05, 3.63) is 29.0 Å². The van der Waals surface area contributed by atoms with Gasteiger partial charge in [0.05, 0.1) is 7.11 Å². The third-order valence-corrected chi connectivity index (χ3v) is 5.41. The van der Waals surface area contributed by atoms with Crippen molar-refractivity contribution in [3.8, 4) is 5.75 Å². The van der Waals surface area contributed by atoms with E-state index in [0.717, 1.165) is 62.3 Å². The summed E-state index contributed by atoms with van der Waals surface area (Å²) in [7, 11) is 1.72. The minimum atomic E-state index is 0.499. The van der Waals surface area contributed by atoms with Crippen LogP contribution >= 0.6 is 0 Å². The number of carbonyl (C=O) groups excluding carboxylic acids is 1. The first kappa shape index (κ1) is 14.6. The molecule has 0 atom stereocenters. The SMILES string of the molecule is COc1cc(C2CCN(C=O)CC2)cc2c3c(oc12)CCCC3. The summed E-state index contributed by atoms with van der Waals surface area (Å²) < 4.78 is 11.7. The number of hydrogen-bond acceptors (Lipinski definition) is 3. The smallest absolute Gasteiger partial charge is 0.209 e. The summed E-state index contributed by atoms with van der Waals surface area (Å²) in [4.78, 5) is 12.8. The maximum Gasteiger partial charge on any atom is 0.209 e. The molecule has 23 heavy (non-hydrogen) atoms. The first-order chi connectivity index (χ1) is 11.3. The third kappa shape index (κ3) is 2.50. The summed E-state index contributed by atoms with van der Waals surface area (Å²) in [5, 5.41) is 1.24. The molecule has 1 aliphatic carbocycles. The Balaban J connectivity index is 1.74. The second-order valence-corrected chi connectivity index (χ2v) is 6.73. The lowest BCUT2D eigenvalue weighted by Gasteiger charge is -2.29. The molecular formula is C19H23NO3. The number of benzene rings is 1. The number of piperidine rings is 1. The van der Waals surface area contributed by atoms with E-state index in [1.165, 1.54) is 29.4 Å². The summed E-state index contributed by atoms with van der Waals surface area (Å²) in [6.45, 7) is 1.69. The molecule has 4 nitrogen and oxygen atoms in total. The first-order valence-corrected chi connectivity index (χ1v) is 8.61. The molecule has 2 aromatic rings. The third-order valence-electron chi connectivity index (χ3n) is 5.41. The number of hydrogen-bond donors (Lipinski definition) is 0. The predicted octanol–water partition coefficient (Wildman–Crippen LogP) is 3.66. The van der Waals surface area contributed by atoms with Gasteiger partial charge in [0.2, 0.25) is 6.41 Å². The highest BCUT2D eigenvalue weighted by Crippen LogP contribution is 2.40. The molecule has 0 spiro atoms. The van der Waals surface area contributed by atoms with Crippen LogP contribution in [0.2, 0.25) is 0 Å². The number of ether oxygens (including phenoxy) is 1. The molecule has 2 aliphatic rings. The summed E-state index contributed by atoms with van der Waals surface area (Å²) in [5.74, 6) is 2.50. The fourth-order valence-corrected chi connectivity index (χ4v) is 4.08. The normalized spacial score (nSPS) is 18.9. The number of nitrogens with zero attached hydrogens (tertiary/aromatic N) is 1. The van der Waals surface area contributed by atoms with Gasteiger partial charge in [-0.05, 0) is 55.7 Å². The molecule has 0 bridgehead atoms. The van der Waals surface area contributed by atoms with Gasteiger partial charge in [0.15, 0.2) is 11.3 Å². The van der Waals surface area contributed by atoms with Crippen molar-refractivity contribution >= 4 is 17.4 Å². The maximum absolute atomic E-state index is 10.9. The number of furan rings is 1. The Labute approximate surface area is 136 Å². The van der Waals surface area contributed by atoms with Crippen LogP contribution in [0, 0.1) is 0 Å². The minimum Gasteiger partial charge on any atom is -0.493 e. The first-order valence-electron chi connectivity index (χ1n) is 8.61. The van der Waals surface area contributed by atoms with E-state index in [-0.39, 0.29) is 0 Å². The zero-order chi connectivity index (χ0) is 15.8. The number of amides is 1. The largest absolute Gasteiger partial charge is 0.493 e. The second-order valence-electron chi connectivity index (χ2n) is 6.73. The van der Waals surface area contributed by atoms with Gasteiger partial charge in [-0.2, -0.15) is 0 Å². The summed E-state index contributed by atoms with van der Waals surface area (Å²) in [6.07, 6.45) is 7.62. The van der Waals surface area contributed by atoms with E-state index in [1.54, 1.807) is 7.11 Å². The number of rotatable bonds is 3. The Morgan fingerprint density at radius 2 is 2.00 bits per heavy atom. The lowest BCUT2D eigenvalue weighted by molar-refractivity contribution is -0.119. The molecule has 1 amide bonds. The van der Waals surface area contributed by atoms with Crippen LogP contribution in [0.4, 0.5) is 0 Å². The van der Waals surface area contributed by atoms with Crippen molar-refractivity contribution in [2.75, 3.05) is 20.2 Å². The molecule has 1 aromatic heterocycles. The molecule has 0 N–H and O–H groups in total. The average molecular weight is 313 g/mol. The Kier molecular flexibility index (Phi) is 3.76. The topological polar surface area (TPSA) is 42.7 Å². The van der Waals surface area contributed by atoms with Crippen LogP contribution in [-0.4, -0.2) is 31.5 Å². The quantitative estimate of drug-likeness (QED) is 0.812. The maximum atomic E-state index is 10.9. The second kappa shape index (κ2) is 5.91. The minimum absolute atomic E-state index is 0.499. The molecule has 0 saturated carbocycles. The van der Waals surface area contributed by atoms with Crippen molar-refractivity contribution < 1.29 is 13.9 Å². The lowest BCUT2D eigenvalue weighted by atomic mass is 9.87. The van der Waals surface area contributed by atoms with E-state index in [2.05, 4.69) is 12.1 Å². The molecule has 1 fully saturated rings. The molecule has 1 aromatic carbocycles. The molecule has 1 saturated heterocycles. The fraction of sp³-hybridized carbons (Fsp3) is 0.526.